The molecule has 0 spiro atoms. The lowest BCUT2D eigenvalue weighted by atomic mass is 10.4. The molecule has 0 unspecified atom stereocenters. The second kappa shape index (κ2) is 7.67. The molecule has 0 bridgehead atoms. The molecule has 0 N–H and O–H groups in total. The normalized spacial score (nSPS) is 10.9. The van der Waals surface area contributed by atoms with Crippen LogP contribution in [0.5, 0.6) is 0 Å². The van der Waals surface area contributed by atoms with Gasteiger partial charge in [0.1, 0.15) is 5.76 Å². The van der Waals surface area contributed by atoms with Crippen molar-refractivity contribution < 1.29 is 9.21 Å². The summed E-state index contributed by atoms with van der Waals surface area (Å²) in [6.07, 6.45) is 1.61. The van der Waals surface area contributed by atoms with Crippen molar-refractivity contribution in [1.29, 1.82) is 0 Å². The molecule has 0 saturated heterocycles. The maximum absolute atomic E-state index is 12.3. The molecule has 0 aromatic carbocycles. The Balaban J connectivity index is 1.63. The smallest absolute Gasteiger partial charge is 0.233 e. The zero-order valence-corrected chi connectivity index (χ0v) is 15.1. The predicted molar refractivity (Wildman–Crippen MR) is 94.9 cm³/mol. The third kappa shape index (κ3) is 3.70. The standard InChI is InChI=1S/C16H18N4O2S2/c1-3-20-15(13-7-5-9-23-13)17-18-16(20)24-11-14(21)19(2)10-12-6-4-8-22-12/h4-9H,3,10-11H2,1-2H3. The summed E-state index contributed by atoms with van der Waals surface area (Å²) >= 11 is 3.04. The average molecular weight is 362 g/mol. The van der Waals surface area contributed by atoms with Crippen LogP contribution in [0.2, 0.25) is 0 Å². The fourth-order valence-electron chi connectivity index (χ4n) is 2.23. The lowest BCUT2D eigenvalue weighted by Crippen LogP contribution is -2.27. The van der Waals surface area contributed by atoms with Gasteiger partial charge in [0.2, 0.25) is 5.91 Å². The average Bonchev–Trinajstić information content (AvgIpc) is 3.32. The van der Waals surface area contributed by atoms with Crippen molar-refractivity contribution in [2.24, 2.45) is 0 Å². The van der Waals surface area contributed by atoms with Gasteiger partial charge in [-0.15, -0.1) is 21.5 Å². The quantitative estimate of drug-likeness (QED) is 0.603. The van der Waals surface area contributed by atoms with E-state index in [1.165, 1.54) is 11.8 Å². The molecule has 0 radical (unpaired) electrons. The molecule has 1 amide bonds. The minimum Gasteiger partial charge on any atom is -0.467 e. The maximum Gasteiger partial charge on any atom is 0.233 e. The summed E-state index contributed by atoms with van der Waals surface area (Å²) < 4.78 is 7.31. The summed E-state index contributed by atoms with van der Waals surface area (Å²) in [6.45, 7) is 3.28. The first-order chi connectivity index (χ1) is 11.7. The van der Waals surface area contributed by atoms with Gasteiger partial charge in [-0.3, -0.25) is 4.79 Å². The van der Waals surface area contributed by atoms with Gasteiger partial charge in [-0.1, -0.05) is 17.8 Å². The molecule has 3 aromatic heterocycles. The first-order valence-corrected chi connectivity index (χ1v) is 9.41. The van der Waals surface area contributed by atoms with Crippen molar-refractivity contribution in [3.05, 3.63) is 41.7 Å². The second-order valence-corrected chi connectivity index (χ2v) is 7.04. The Morgan fingerprint density at radius 1 is 1.38 bits per heavy atom. The second-order valence-electron chi connectivity index (χ2n) is 5.15. The summed E-state index contributed by atoms with van der Waals surface area (Å²) in [5.41, 5.74) is 0. The van der Waals surface area contributed by atoms with E-state index in [0.29, 0.717) is 12.3 Å². The highest BCUT2D eigenvalue weighted by Gasteiger charge is 2.17. The molecule has 0 aliphatic carbocycles. The zero-order valence-electron chi connectivity index (χ0n) is 13.5. The van der Waals surface area contributed by atoms with Crippen LogP contribution in [-0.2, 0) is 17.9 Å². The van der Waals surface area contributed by atoms with E-state index in [1.807, 2.05) is 34.2 Å². The highest BCUT2D eigenvalue weighted by molar-refractivity contribution is 7.99. The van der Waals surface area contributed by atoms with Gasteiger partial charge in [-0.05, 0) is 30.5 Å². The predicted octanol–water partition coefficient (Wildman–Crippen LogP) is 3.37. The molecule has 0 fully saturated rings. The molecule has 3 heterocycles. The van der Waals surface area contributed by atoms with Crippen molar-refractivity contribution in [2.75, 3.05) is 12.8 Å². The van der Waals surface area contributed by atoms with Gasteiger partial charge < -0.3 is 13.9 Å². The van der Waals surface area contributed by atoms with Gasteiger partial charge in [0.05, 0.1) is 23.4 Å². The largest absolute Gasteiger partial charge is 0.467 e. The number of aromatic nitrogens is 3. The Labute approximate surface area is 148 Å². The van der Waals surface area contributed by atoms with Crippen LogP contribution >= 0.6 is 23.1 Å². The molecule has 0 aliphatic heterocycles. The highest BCUT2D eigenvalue weighted by atomic mass is 32.2. The Bertz CT molecular complexity index is 781. The number of rotatable bonds is 7. The Morgan fingerprint density at radius 3 is 2.92 bits per heavy atom. The molecular weight excluding hydrogens is 344 g/mol. The van der Waals surface area contributed by atoms with E-state index in [-0.39, 0.29) is 5.91 Å². The van der Waals surface area contributed by atoms with Gasteiger partial charge in [-0.2, -0.15) is 0 Å². The number of furan rings is 1. The topological polar surface area (TPSA) is 64.2 Å². The van der Waals surface area contributed by atoms with Crippen LogP contribution in [0.4, 0.5) is 0 Å². The number of thiophene rings is 1. The SMILES string of the molecule is CCn1c(SCC(=O)N(C)Cc2ccco2)nnc1-c1cccs1. The Hall–Kier alpha value is -2.06. The molecule has 0 saturated carbocycles. The van der Waals surface area contributed by atoms with Crippen LogP contribution in [0.25, 0.3) is 10.7 Å². The van der Waals surface area contributed by atoms with E-state index in [4.69, 9.17) is 4.42 Å². The van der Waals surface area contributed by atoms with Crippen molar-refractivity contribution in [3.63, 3.8) is 0 Å². The zero-order chi connectivity index (χ0) is 16.9. The molecule has 126 valence electrons. The Morgan fingerprint density at radius 2 is 2.25 bits per heavy atom. The minimum absolute atomic E-state index is 0.0275. The van der Waals surface area contributed by atoms with Gasteiger partial charge in [-0.25, -0.2) is 0 Å². The third-order valence-electron chi connectivity index (χ3n) is 3.50. The monoisotopic (exact) mass is 362 g/mol. The fraction of sp³-hybridized carbons (Fsp3) is 0.312. The Kier molecular flexibility index (Phi) is 5.37. The number of hydrogen-bond donors (Lipinski definition) is 0. The molecule has 0 aliphatic rings. The summed E-state index contributed by atoms with van der Waals surface area (Å²) in [4.78, 5) is 15.0. The van der Waals surface area contributed by atoms with E-state index >= 15 is 0 Å². The molecule has 8 heteroatoms. The van der Waals surface area contributed by atoms with E-state index in [0.717, 1.165) is 28.2 Å². The van der Waals surface area contributed by atoms with E-state index < -0.39 is 0 Å². The van der Waals surface area contributed by atoms with Crippen molar-refractivity contribution in [2.45, 2.75) is 25.2 Å². The number of carbonyl (C=O) groups excluding carboxylic acids is 1. The highest BCUT2D eigenvalue weighted by Crippen LogP contribution is 2.27. The molecule has 6 nitrogen and oxygen atoms in total. The summed E-state index contributed by atoms with van der Waals surface area (Å²) in [6, 6.07) is 7.70. The van der Waals surface area contributed by atoms with Gasteiger partial charge in [0.15, 0.2) is 11.0 Å². The lowest BCUT2D eigenvalue weighted by molar-refractivity contribution is -0.127. The molecule has 0 atom stereocenters. The van der Waals surface area contributed by atoms with E-state index in [2.05, 4.69) is 17.1 Å². The number of hydrogen-bond acceptors (Lipinski definition) is 6. The number of thioether (sulfide) groups is 1. The number of nitrogens with zero attached hydrogens (tertiary/aromatic N) is 4. The van der Waals surface area contributed by atoms with E-state index in [1.54, 1.807) is 29.5 Å². The lowest BCUT2D eigenvalue weighted by Gasteiger charge is -2.15. The van der Waals surface area contributed by atoms with Crippen LogP contribution < -0.4 is 0 Å². The number of amides is 1. The first kappa shape index (κ1) is 16.8. The van der Waals surface area contributed by atoms with Crippen molar-refractivity contribution in [1.82, 2.24) is 19.7 Å². The molecular formula is C16H18N4O2S2. The summed E-state index contributed by atoms with van der Waals surface area (Å²) in [5, 5.41) is 11.3. The van der Waals surface area contributed by atoms with Crippen LogP contribution in [0.3, 0.4) is 0 Å². The molecule has 3 rings (SSSR count). The fourth-order valence-corrected chi connectivity index (χ4v) is 3.89. The van der Waals surface area contributed by atoms with Crippen molar-refractivity contribution in [3.8, 4) is 10.7 Å². The molecule has 24 heavy (non-hydrogen) atoms. The summed E-state index contributed by atoms with van der Waals surface area (Å²) in [5.74, 6) is 1.97. The van der Waals surface area contributed by atoms with Crippen LogP contribution in [0.1, 0.15) is 12.7 Å². The maximum atomic E-state index is 12.3. The van der Waals surface area contributed by atoms with Gasteiger partial charge >= 0.3 is 0 Å². The van der Waals surface area contributed by atoms with Gasteiger partial charge in [0.25, 0.3) is 0 Å². The minimum atomic E-state index is 0.0275. The summed E-state index contributed by atoms with van der Waals surface area (Å²) in [7, 11) is 1.77. The number of carbonyl (C=O) groups is 1. The van der Waals surface area contributed by atoms with Crippen molar-refractivity contribution >= 4 is 29.0 Å². The van der Waals surface area contributed by atoms with E-state index in [9.17, 15) is 4.79 Å². The molecule has 3 aromatic rings. The van der Waals surface area contributed by atoms with Crippen LogP contribution in [0.15, 0.2) is 45.5 Å². The van der Waals surface area contributed by atoms with Gasteiger partial charge in [0, 0.05) is 13.6 Å². The van der Waals surface area contributed by atoms with Crippen LogP contribution in [-0.4, -0.2) is 38.4 Å². The third-order valence-corrected chi connectivity index (χ3v) is 5.32. The van der Waals surface area contributed by atoms with Crippen LogP contribution in [0, 0.1) is 0 Å². The first-order valence-electron chi connectivity index (χ1n) is 7.55.